The number of rotatable bonds is 8. The van der Waals surface area contributed by atoms with E-state index in [-0.39, 0.29) is 5.91 Å². The van der Waals surface area contributed by atoms with Crippen LogP contribution >= 0.6 is 0 Å². The molecule has 0 aliphatic carbocycles. The number of hydrogen-bond acceptors (Lipinski definition) is 2. The second-order valence-corrected chi connectivity index (χ2v) is 5.43. The molecule has 0 aromatic heterocycles. The van der Waals surface area contributed by atoms with E-state index >= 15 is 0 Å². The van der Waals surface area contributed by atoms with Crippen LogP contribution < -0.4 is 10.6 Å². The first-order chi connectivity index (χ1) is 9.62. The van der Waals surface area contributed by atoms with Crippen molar-refractivity contribution in [1.82, 2.24) is 5.32 Å². The van der Waals surface area contributed by atoms with Crippen LogP contribution in [0.3, 0.4) is 0 Å². The molecule has 1 atom stereocenters. The van der Waals surface area contributed by atoms with Crippen LogP contribution in [0, 0.1) is 12.8 Å². The third kappa shape index (κ3) is 4.87. The number of benzene rings is 1. The minimum atomic E-state index is 0.0179. The Balaban J connectivity index is 2.62. The predicted octanol–water partition coefficient (Wildman–Crippen LogP) is 3.98. The average Bonchev–Trinajstić information content (AvgIpc) is 2.47. The number of unbranched alkanes of at least 4 members (excludes halogenated alkanes) is 1. The summed E-state index contributed by atoms with van der Waals surface area (Å²) in [4.78, 5) is 12.3. The zero-order valence-electron chi connectivity index (χ0n) is 13.3. The Kier molecular flexibility index (Phi) is 7.13. The first-order valence-corrected chi connectivity index (χ1v) is 7.68. The molecule has 1 aromatic rings. The van der Waals surface area contributed by atoms with Crippen LogP contribution in [0.1, 0.15) is 55.5 Å². The van der Waals surface area contributed by atoms with E-state index in [1.807, 2.05) is 32.2 Å². The van der Waals surface area contributed by atoms with Crippen LogP contribution in [-0.2, 0) is 0 Å². The molecule has 0 radical (unpaired) electrons. The Morgan fingerprint density at radius 3 is 2.65 bits per heavy atom. The second-order valence-electron chi connectivity index (χ2n) is 5.43. The third-order valence-corrected chi connectivity index (χ3v) is 3.78. The van der Waals surface area contributed by atoms with Crippen LogP contribution in [0.4, 0.5) is 5.69 Å². The van der Waals surface area contributed by atoms with Crippen molar-refractivity contribution in [2.24, 2.45) is 5.92 Å². The molecule has 0 heterocycles. The van der Waals surface area contributed by atoms with Gasteiger partial charge in [0, 0.05) is 19.3 Å². The summed E-state index contributed by atoms with van der Waals surface area (Å²) in [7, 11) is 1.85. The Morgan fingerprint density at radius 1 is 1.30 bits per heavy atom. The Bertz CT molecular complexity index is 429. The highest BCUT2D eigenvalue weighted by atomic mass is 16.1. The molecule has 0 aliphatic heterocycles. The van der Waals surface area contributed by atoms with Crippen molar-refractivity contribution in [2.75, 3.05) is 18.9 Å². The SMILES string of the molecule is CCCCC(CC)CNC(=O)c1ccc(C)cc1NC. The van der Waals surface area contributed by atoms with Gasteiger partial charge in [-0.2, -0.15) is 0 Å². The molecule has 0 saturated heterocycles. The third-order valence-electron chi connectivity index (χ3n) is 3.78. The van der Waals surface area contributed by atoms with Gasteiger partial charge in [-0.3, -0.25) is 4.79 Å². The summed E-state index contributed by atoms with van der Waals surface area (Å²) in [6.45, 7) is 7.20. The van der Waals surface area contributed by atoms with Gasteiger partial charge in [0.25, 0.3) is 5.91 Å². The molecule has 20 heavy (non-hydrogen) atoms. The van der Waals surface area contributed by atoms with E-state index in [9.17, 15) is 4.79 Å². The number of carbonyl (C=O) groups excluding carboxylic acids is 1. The smallest absolute Gasteiger partial charge is 0.253 e. The number of nitrogens with one attached hydrogen (secondary N) is 2. The number of hydrogen-bond donors (Lipinski definition) is 2. The van der Waals surface area contributed by atoms with Crippen LogP contribution in [0.15, 0.2) is 18.2 Å². The number of carbonyl (C=O) groups is 1. The van der Waals surface area contributed by atoms with E-state index in [0.717, 1.165) is 29.8 Å². The molecule has 0 aliphatic rings. The minimum absolute atomic E-state index is 0.0179. The molecule has 1 unspecified atom stereocenters. The molecule has 112 valence electrons. The molecular formula is C17H28N2O. The Labute approximate surface area is 123 Å². The maximum Gasteiger partial charge on any atom is 0.253 e. The summed E-state index contributed by atoms with van der Waals surface area (Å²) in [5, 5.41) is 6.17. The van der Waals surface area contributed by atoms with Crippen molar-refractivity contribution < 1.29 is 4.79 Å². The molecule has 0 spiro atoms. The fraction of sp³-hybridized carbons (Fsp3) is 0.588. The van der Waals surface area contributed by atoms with Gasteiger partial charge in [-0.1, -0.05) is 39.2 Å². The van der Waals surface area contributed by atoms with Gasteiger partial charge in [0.05, 0.1) is 5.56 Å². The van der Waals surface area contributed by atoms with E-state index in [4.69, 9.17) is 0 Å². The predicted molar refractivity (Wildman–Crippen MR) is 86.4 cm³/mol. The molecule has 3 nitrogen and oxygen atoms in total. The van der Waals surface area contributed by atoms with E-state index in [1.54, 1.807) is 0 Å². The largest absolute Gasteiger partial charge is 0.387 e. The summed E-state index contributed by atoms with van der Waals surface area (Å²) < 4.78 is 0. The zero-order chi connectivity index (χ0) is 15.0. The van der Waals surface area contributed by atoms with Crippen molar-refractivity contribution in [3.05, 3.63) is 29.3 Å². The Morgan fingerprint density at radius 2 is 2.05 bits per heavy atom. The van der Waals surface area contributed by atoms with E-state index in [1.165, 1.54) is 19.3 Å². The van der Waals surface area contributed by atoms with Gasteiger partial charge in [-0.15, -0.1) is 0 Å². The lowest BCUT2D eigenvalue weighted by atomic mass is 9.99. The topological polar surface area (TPSA) is 41.1 Å². The first-order valence-electron chi connectivity index (χ1n) is 7.68. The number of anilines is 1. The highest BCUT2D eigenvalue weighted by Gasteiger charge is 2.13. The highest BCUT2D eigenvalue weighted by molar-refractivity contribution is 5.99. The van der Waals surface area contributed by atoms with Crippen molar-refractivity contribution >= 4 is 11.6 Å². The Hall–Kier alpha value is -1.51. The lowest BCUT2D eigenvalue weighted by Gasteiger charge is -2.16. The minimum Gasteiger partial charge on any atom is -0.387 e. The fourth-order valence-corrected chi connectivity index (χ4v) is 2.34. The van der Waals surface area contributed by atoms with E-state index in [2.05, 4.69) is 24.5 Å². The molecule has 1 rings (SSSR count). The quantitative estimate of drug-likeness (QED) is 0.754. The highest BCUT2D eigenvalue weighted by Crippen LogP contribution is 2.17. The molecule has 0 fully saturated rings. The van der Waals surface area contributed by atoms with Gasteiger partial charge in [0.1, 0.15) is 0 Å². The van der Waals surface area contributed by atoms with Gasteiger partial charge in [-0.05, 0) is 37.0 Å². The molecule has 0 saturated carbocycles. The van der Waals surface area contributed by atoms with Crippen molar-refractivity contribution in [3.8, 4) is 0 Å². The molecular weight excluding hydrogens is 248 g/mol. The maximum absolute atomic E-state index is 12.3. The monoisotopic (exact) mass is 276 g/mol. The molecule has 2 N–H and O–H groups in total. The van der Waals surface area contributed by atoms with Crippen LogP contribution in [0.5, 0.6) is 0 Å². The van der Waals surface area contributed by atoms with Gasteiger partial charge < -0.3 is 10.6 Å². The van der Waals surface area contributed by atoms with Crippen molar-refractivity contribution in [1.29, 1.82) is 0 Å². The molecule has 1 amide bonds. The van der Waals surface area contributed by atoms with Crippen LogP contribution in [0.25, 0.3) is 0 Å². The van der Waals surface area contributed by atoms with E-state index in [0.29, 0.717) is 5.92 Å². The van der Waals surface area contributed by atoms with Gasteiger partial charge in [0.15, 0.2) is 0 Å². The maximum atomic E-state index is 12.3. The van der Waals surface area contributed by atoms with Crippen molar-refractivity contribution in [2.45, 2.75) is 46.5 Å². The van der Waals surface area contributed by atoms with Crippen molar-refractivity contribution in [3.63, 3.8) is 0 Å². The average molecular weight is 276 g/mol. The van der Waals surface area contributed by atoms with E-state index < -0.39 is 0 Å². The summed E-state index contributed by atoms with van der Waals surface area (Å²) in [5.41, 5.74) is 2.77. The summed E-state index contributed by atoms with van der Waals surface area (Å²) in [6, 6.07) is 5.87. The lowest BCUT2D eigenvalue weighted by molar-refractivity contribution is 0.0946. The van der Waals surface area contributed by atoms with Crippen LogP contribution in [0.2, 0.25) is 0 Å². The zero-order valence-corrected chi connectivity index (χ0v) is 13.3. The second kappa shape index (κ2) is 8.62. The number of aryl methyl sites for hydroxylation is 1. The van der Waals surface area contributed by atoms with Crippen LogP contribution in [-0.4, -0.2) is 19.5 Å². The molecule has 3 heteroatoms. The van der Waals surface area contributed by atoms with Gasteiger partial charge >= 0.3 is 0 Å². The normalized spacial score (nSPS) is 12.0. The van der Waals surface area contributed by atoms with Gasteiger partial charge in [-0.25, -0.2) is 0 Å². The standard InChI is InChI=1S/C17H28N2O/c1-5-7-8-14(6-2)12-19-17(20)15-10-9-13(3)11-16(15)18-4/h9-11,14,18H,5-8,12H2,1-4H3,(H,19,20). The summed E-state index contributed by atoms with van der Waals surface area (Å²) in [6.07, 6.45) is 4.76. The summed E-state index contributed by atoms with van der Waals surface area (Å²) in [5.74, 6) is 0.603. The van der Waals surface area contributed by atoms with Gasteiger partial charge in [0.2, 0.25) is 0 Å². The fourth-order valence-electron chi connectivity index (χ4n) is 2.34. The lowest BCUT2D eigenvalue weighted by Crippen LogP contribution is -2.29. The number of amides is 1. The molecule has 1 aromatic carbocycles. The molecule has 0 bridgehead atoms. The summed E-state index contributed by atoms with van der Waals surface area (Å²) >= 11 is 0. The first kappa shape index (κ1) is 16.5.